The van der Waals surface area contributed by atoms with Crippen LogP contribution < -0.4 is 15.0 Å². The fraction of sp³-hybridized carbons (Fsp3) is 0.474. The zero-order valence-electron chi connectivity index (χ0n) is 14.4. The number of nitrogens with one attached hydrogen (secondary N) is 1. The van der Waals surface area contributed by atoms with Crippen LogP contribution in [-0.4, -0.2) is 54.2 Å². The Balaban J connectivity index is 1.53. The number of urea groups is 1. The Bertz CT molecular complexity index is 918. The highest BCUT2D eigenvalue weighted by Gasteiger charge is 2.43. The summed E-state index contributed by atoms with van der Waals surface area (Å²) in [4.78, 5) is 21.7. The maximum atomic E-state index is 12.7. The first-order valence-electron chi connectivity index (χ1n) is 9.05. The fourth-order valence-electron chi connectivity index (χ4n) is 4.28. The van der Waals surface area contributed by atoms with Gasteiger partial charge in [0.25, 0.3) is 0 Å². The molecule has 3 aliphatic rings. The number of carbonyl (C=O) groups is 1. The number of carbonyl (C=O) groups excluding carboxylic acids is 1. The molecule has 3 aliphatic heterocycles. The number of fused-ring (bicyclic) bond motifs is 4. The van der Waals surface area contributed by atoms with E-state index < -0.39 is 0 Å². The molecule has 2 fully saturated rings. The van der Waals surface area contributed by atoms with E-state index >= 15 is 0 Å². The number of amides is 2. The van der Waals surface area contributed by atoms with Gasteiger partial charge >= 0.3 is 6.03 Å². The molecule has 2 atom stereocenters. The van der Waals surface area contributed by atoms with Crippen LogP contribution in [0.4, 0.5) is 9.93 Å². The highest BCUT2D eigenvalue weighted by atomic mass is 32.1. The summed E-state index contributed by atoms with van der Waals surface area (Å²) < 4.78 is 6.76. The molecule has 2 aromatic rings. The predicted molar refractivity (Wildman–Crippen MR) is 102 cm³/mol. The zero-order valence-corrected chi connectivity index (χ0v) is 15.2. The second kappa shape index (κ2) is 6.15. The smallest absolute Gasteiger partial charge is 0.324 e. The van der Waals surface area contributed by atoms with E-state index in [0.717, 1.165) is 59.0 Å². The molecule has 134 valence electrons. The van der Waals surface area contributed by atoms with Gasteiger partial charge in [0.1, 0.15) is 5.75 Å². The molecule has 0 bridgehead atoms. The Labute approximate surface area is 156 Å². The van der Waals surface area contributed by atoms with Crippen LogP contribution >= 0.6 is 11.3 Å². The summed E-state index contributed by atoms with van der Waals surface area (Å²) in [6.45, 7) is 3.09. The van der Waals surface area contributed by atoms with Gasteiger partial charge in [-0.3, -0.25) is 9.80 Å². The molecule has 0 saturated carbocycles. The fourth-order valence-corrected chi connectivity index (χ4v) is 5.33. The monoisotopic (exact) mass is 368 g/mol. The molecule has 26 heavy (non-hydrogen) atoms. The van der Waals surface area contributed by atoms with Crippen LogP contribution in [0.5, 0.6) is 5.75 Å². The Hall–Kier alpha value is -2.30. The number of likely N-dealkylation sites (tertiary alicyclic amines) is 1. The Morgan fingerprint density at radius 3 is 3.27 bits per heavy atom. The summed E-state index contributed by atoms with van der Waals surface area (Å²) in [5, 5.41) is 3.93. The maximum absolute atomic E-state index is 12.7. The minimum absolute atomic E-state index is 0.0468. The summed E-state index contributed by atoms with van der Waals surface area (Å²) >= 11 is 1.58. The van der Waals surface area contributed by atoms with Gasteiger partial charge in [0.15, 0.2) is 5.13 Å². The van der Waals surface area contributed by atoms with Gasteiger partial charge in [-0.25, -0.2) is 9.78 Å². The lowest BCUT2D eigenvalue weighted by atomic mass is 10.1. The third kappa shape index (κ3) is 2.44. The van der Waals surface area contributed by atoms with Crippen LogP contribution in [-0.2, 0) is 6.42 Å². The van der Waals surface area contributed by atoms with Crippen molar-refractivity contribution in [3.63, 3.8) is 0 Å². The number of benzene rings is 1. The van der Waals surface area contributed by atoms with Crippen LogP contribution in [0.2, 0.25) is 0 Å². The van der Waals surface area contributed by atoms with Gasteiger partial charge in [-0.15, -0.1) is 6.42 Å². The summed E-state index contributed by atoms with van der Waals surface area (Å²) in [5.74, 6) is 3.66. The van der Waals surface area contributed by atoms with Gasteiger partial charge < -0.3 is 10.1 Å². The lowest BCUT2D eigenvalue weighted by Crippen LogP contribution is -2.44. The number of nitrogens with zero attached hydrogens (tertiary/aromatic N) is 3. The van der Waals surface area contributed by atoms with E-state index in [1.165, 1.54) is 0 Å². The predicted octanol–water partition coefficient (Wildman–Crippen LogP) is 2.23. The Morgan fingerprint density at radius 2 is 2.38 bits per heavy atom. The van der Waals surface area contributed by atoms with E-state index in [0.29, 0.717) is 13.2 Å². The first kappa shape index (κ1) is 15.9. The van der Waals surface area contributed by atoms with Crippen LogP contribution in [0.25, 0.3) is 10.2 Å². The quantitative estimate of drug-likeness (QED) is 0.826. The van der Waals surface area contributed by atoms with Crippen molar-refractivity contribution in [2.75, 3.05) is 31.1 Å². The first-order valence-corrected chi connectivity index (χ1v) is 9.87. The number of terminal acetylenes is 1. The maximum Gasteiger partial charge on any atom is 0.324 e. The van der Waals surface area contributed by atoms with Gasteiger partial charge in [-0.2, -0.15) is 0 Å². The second-order valence-electron chi connectivity index (χ2n) is 7.06. The van der Waals surface area contributed by atoms with Crippen molar-refractivity contribution >= 4 is 32.7 Å². The highest BCUT2D eigenvalue weighted by Crippen LogP contribution is 2.39. The van der Waals surface area contributed by atoms with E-state index in [1.54, 1.807) is 11.3 Å². The van der Waals surface area contributed by atoms with E-state index in [9.17, 15) is 4.79 Å². The standard InChI is InChI=1S/C19H20N4O2S/c1-2-8-22-9-3-4-13-14(11-22)23(18(24)20-13)19-21-17-12-7-10-25-15(12)5-6-16(17)26-19/h1,5-6,13-14H,3-4,7-11H2,(H,20,24)/t13-,14+/m0/s1. The number of ether oxygens (including phenoxy) is 1. The molecular weight excluding hydrogens is 348 g/mol. The summed E-state index contributed by atoms with van der Waals surface area (Å²) in [5.41, 5.74) is 2.14. The van der Waals surface area contributed by atoms with Gasteiger partial charge in [0.2, 0.25) is 0 Å². The van der Waals surface area contributed by atoms with Gasteiger partial charge in [-0.05, 0) is 31.5 Å². The molecule has 7 heteroatoms. The third-order valence-electron chi connectivity index (χ3n) is 5.50. The largest absolute Gasteiger partial charge is 0.493 e. The average Bonchev–Trinajstić information content (AvgIpc) is 3.29. The molecule has 1 aromatic heterocycles. The molecule has 4 heterocycles. The number of hydrogen-bond donors (Lipinski definition) is 1. The van der Waals surface area contributed by atoms with Gasteiger partial charge in [-0.1, -0.05) is 17.3 Å². The van der Waals surface area contributed by atoms with Gasteiger partial charge in [0.05, 0.1) is 35.5 Å². The molecule has 0 aliphatic carbocycles. The normalized spacial score (nSPS) is 25.3. The molecule has 0 radical (unpaired) electrons. The van der Waals surface area contributed by atoms with Gasteiger partial charge in [0, 0.05) is 18.5 Å². The van der Waals surface area contributed by atoms with Crippen LogP contribution in [0.15, 0.2) is 12.1 Å². The van der Waals surface area contributed by atoms with Crippen molar-refractivity contribution < 1.29 is 9.53 Å². The molecule has 0 spiro atoms. The van der Waals surface area contributed by atoms with E-state index in [4.69, 9.17) is 16.1 Å². The van der Waals surface area contributed by atoms with Crippen molar-refractivity contribution in [2.45, 2.75) is 31.3 Å². The molecule has 6 nitrogen and oxygen atoms in total. The third-order valence-corrected chi connectivity index (χ3v) is 6.52. The molecule has 1 aromatic carbocycles. The van der Waals surface area contributed by atoms with Crippen molar-refractivity contribution in [1.82, 2.24) is 15.2 Å². The minimum atomic E-state index is -0.0468. The minimum Gasteiger partial charge on any atom is -0.493 e. The molecule has 5 rings (SSSR count). The van der Waals surface area contributed by atoms with Crippen LogP contribution in [0.1, 0.15) is 18.4 Å². The zero-order chi connectivity index (χ0) is 17.7. The Kier molecular flexibility index (Phi) is 3.76. The van der Waals surface area contributed by atoms with Crippen LogP contribution in [0.3, 0.4) is 0 Å². The van der Waals surface area contributed by atoms with Crippen molar-refractivity contribution in [1.29, 1.82) is 0 Å². The summed E-state index contributed by atoms with van der Waals surface area (Å²) in [6, 6.07) is 4.24. The molecular formula is C19H20N4O2S. The summed E-state index contributed by atoms with van der Waals surface area (Å²) in [6.07, 6.45) is 8.41. The number of hydrogen-bond acceptors (Lipinski definition) is 5. The van der Waals surface area contributed by atoms with E-state index in [2.05, 4.69) is 16.1 Å². The molecule has 2 saturated heterocycles. The number of thiazole rings is 1. The lowest BCUT2D eigenvalue weighted by molar-refractivity contribution is 0.249. The molecule has 1 N–H and O–H groups in total. The topological polar surface area (TPSA) is 57.7 Å². The SMILES string of the molecule is C#CCN1CCC[C@@H]2NC(=O)N(c3nc4c5c(ccc4s3)OCC5)[C@@H]2C1. The second-order valence-corrected chi connectivity index (χ2v) is 8.07. The summed E-state index contributed by atoms with van der Waals surface area (Å²) in [7, 11) is 0. The number of rotatable bonds is 2. The lowest BCUT2D eigenvalue weighted by Gasteiger charge is -2.26. The Morgan fingerprint density at radius 1 is 1.46 bits per heavy atom. The van der Waals surface area contributed by atoms with Crippen molar-refractivity contribution in [3.05, 3.63) is 17.7 Å². The first-order chi connectivity index (χ1) is 12.7. The number of anilines is 1. The van der Waals surface area contributed by atoms with E-state index in [-0.39, 0.29) is 18.1 Å². The highest BCUT2D eigenvalue weighted by molar-refractivity contribution is 7.22. The van der Waals surface area contributed by atoms with Crippen LogP contribution in [0, 0.1) is 12.3 Å². The number of aromatic nitrogens is 1. The average molecular weight is 368 g/mol. The molecule has 0 unspecified atom stereocenters. The molecule has 2 amide bonds. The van der Waals surface area contributed by atoms with Crippen molar-refractivity contribution in [3.8, 4) is 18.1 Å². The van der Waals surface area contributed by atoms with E-state index in [1.807, 2.05) is 17.0 Å². The van der Waals surface area contributed by atoms with Crippen molar-refractivity contribution in [2.24, 2.45) is 0 Å².